The Balaban J connectivity index is 1.79. The number of piperidine rings is 1. The van der Waals surface area contributed by atoms with Crippen molar-refractivity contribution in [2.45, 2.75) is 12.5 Å². The van der Waals surface area contributed by atoms with E-state index in [1.165, 1.54) is 0 Å². The van der Waals surface area contributed by atoms with E-state index in [1.54, 1.807) is 17.0 Å². The second-order valence-corrected chi connectivity index (χ2v) is 6.81. The van der Waals surface area contributed by atoms with Crippen LogP contribution in [0.5, 0.6) is 5.75 Å². The standard InChI is InChI=1S/C19H24N2O3/c1-20(2)11-14-9-10-21(12-17(14)22)19(24)16-8-7-13-5-3-4-6-15(13)18(16)23/h3-8,14,17,22-23H,9-12H2,1-2H3/t14-,17+/m0/s1. The lowest BCUT2D eigenvalue weighted by molar-refractivity contribution is 0.0123. The third kappa shape index (κ3) is 3.23. The Morgan fingerprint density at radius 2 is 2.00 bits per heavy atom. The molecule has 128 valence electrons. The van der Waals surface area contributed by atoms with E-state index in [9.17, 15) is 15.0 Å². The van der Waals surface area contributed by atoms with Crippen molar-refractivity contribution in [1.82, 2.24) is 9.80 Å². The van der Waals surface area contributed by atoms with Gasteiger partial charge in [0.15, 0.2) is 0 Å². The number of hydrogen-bond acceptors (Lipinski definition) is 4. The van der Waals surface area contributed by atoms with Crippen molar-refractivity contribution in [2.24, 2.45) is 5.92 Å². The van der Waals surface area contributed by atoms with Crippen molar-refractivity contribution in [2.75, 3.05) is 33.7 Å². The minimum absolute atomic E-state index is 0.0167. The van der Waals surface area contributed by atoms with Gasteiger partial charge < -0.3 is 20.0 Å². The van der Waals surface area contributed by atoms with Gasteiger partial charge in [-0.3, -0.25) is 4.79 Å². The van der Waals surface area contributed by atoms with Crippen molar-refractivity contribution < 1.29 is 15.0 Å². The summed E-state index contributed by atoms with van der Waals surface area (Å²) >= 11 is 0. The molecule has 0 radical (unpaired) electrons. The highest BCUT2D eigenvalue weighted by molar-refractivity contribution is 6.03. The maximum absolute atomic E-state index is 12.8. The summed E-state index contributed by atoms with van der Waals surface area (Å²) in [5, 5.41) is 22.4. The lowest BCUT2D eigenvalue weighted by atomic mass is 9.92. The first-order valence-corrected chi connectivity index (χ1v) is 8.30. The van der Waals surface area contributed by atoms with E-state index in [2.05, 4.69) is 4.90 Å². The summed E-state index contributed by atoms with van der Waals surface area (Å²) in [5.41, 5.74) is 0.298. The third-order valence-corrected chi connectivity index (χ3v) is 4.74. The largest absolute Gasteiger partial charge is 0.506 e. The van der Waals surface area contributed by atoms with E-state index in [0.717, 1.165) is 18.4 Å². The molecule has 1 amide bonds. The van der Waals surface area contributed by atoms with Crippen LogP contribution in [-0.4, -0.2) is 65.8 Å². The number of hydrogen-bond donors (Lipinski definition) is 2. The van der Waals surface area contributed by atoms with Gasteiger partial charge in [-0.2, -0.15) is 0 Å². The van der Waals surface area contributed by atoms with Gasteiger partial charge >= 0.3 is 0 Å². The van der Waals surface area contributed by atoms with Gasteiger partial charge in [0.05, 0.1) is 11.7 Å². The molecule has 2 aromatic carbocycles. The monoisotopic (exact) mass is 328 g/mol. The Bertz CT molecular complexity index is 744. The Labute approximate surface area is 142 Å². The lowest BCUT2D eigenvalue weighted by Crippen LogP contribution is -2.49. The fourth-order valence-electron chi connectivity index (χ4n) is 3.44. The number of benzene rings is 2. The maximum atomic E-state index is 12.8. The molecule has 2 aromatic rings. The number of phenols is 1. The zero-order valence-corrected chi connectivity index (χ0v) is 14.1. The highest BCUT2D eigenvalue weighted by atomic mass is 16.3. The second-order valence-electron chi connectivity index (χ2n) is 6.81. The average Bonchev–Trinajstić information content (AvgIpc) is 2.56. The van der Waals surface area contributed by atoms with E-state index in [-0.39, 0.29) is 17.6 Å². The van der Waals surface area contributed by atoms with Gasteiger partial charge in [-0.05, 0) is 32.0 Å². The van der Waals surface area contributed by atoms with Crippen molar-refractivity contribution in [3.63, 3.8) is 0 Å². The number of rotatable bonds is 3. The molecule has 0 saturated carbocycles. The maximum Gasteiger partial charge on any atom is 0.257 e. The molecule has 5 nitrogen and oxygen atoms in total. The molecule has 1 heterocycles. The van der Waals surface area contributed by atoms with Gasteiger partial charge in [-0.25, -0.2) is 0 Å². The first-order chi connectivity index (χ1) is 11.5. The molecule has 1 saturated heterocycles. The van der Waals surface area contributed by atoms with Crippen molar-refractivity contribution >= 4 is 16.7 Å². The molecule has 1 aliphatic heterocycles. The molecular weight excluding hydrogens is 304 g/mol. The Hall–Kier alpha value is -2.11. The molecule has 0 unspecified atom stereocenters. The van der Waals surface area contributed by atoms with Crippen LogP contribution >= 0.6 is 0 Å². The van der Waals surface area contributed by atoms with Gasteiger partial charge in [-0.15, -0.1) is 0 Å². The molecule has 24 heavy (non-hydrogen) atoms. The molecule has 1 fully saturated rings. The fraction of sp³-hybridized carbons (Fsp3) is 0.421. The molecule has 0 spiro atoms. The zero-order valence-electron chi connectivity index (χ0n) is 14.1. The number of aromatic hydroxyl groups is 1. The van der Waals surface area contributed by atoms with Crippen LogP contribution in [0.4, 0.5) is 0 Å². The number of amides is 1. The topological polar surface area (TPSA) is 64.0 Å². The van der Waals surface area contributed by atoms with Crippen LogP contribution in [0.15, 0.2) is 36.4 Å². The van der Waals surface area contributed by atoms with Gasteiger partial charge in [0.1, 0.15) is 5.75 Å². The van der Waals surface area contributed by atoms with Crippen LogP contribution in [-0.2, 0) is 0 Å². The average molecular weight is 328 g/mol. The minimum Gasteiger partial charge on any atom is -0.506 e. The van der Waals surface area contributed by atoms with Crippen molar-refractivity contribution in [3.8, 4) is 5.75 Å². The van der Waals surface area contributed by atoms with Crippen LogP contribution in [0.2, 0.25) is 0 Å². The summed E-state index contributed by atoms with van der Waals surface area (Å²) in [6, 6.07) is 11.0. The van der Waals surface area contributed by atoms with Gasteiger partial charge in [0.25, 0.3) is 5.91 Å². The Morgan fingerprint density at radius 3 is 2.71 bits per heavy atom. The molecule has 3 rings (SSSR count). The molecular formula is C19H24N2O3. The van der Waals surface area contributed by atoms with E-state index in [4.69, 9.17) is 0 Å². The van der Waals surface area contributed by atoms with E-state index in [1.807, 2.05) is 38.4 Å². The highest BCUT2D eigenvalue weighted by Gasteiger charge is 2.31. The van der Waals surface area contributed by atoms with E-state index in [0.29, 0.717) is 24.0 Å². The minimum atomic E-state index is -0.535. The van der Waals surface area contributed by atoms with Gasteiger partial charge in [0.2, 0.25) is 0 Å². The van der Waals surface area contributed by atoms with Crippen LogP contribution in [0.1, 0.15) is 16.8 Å². The van der Waals surface area contributed by atoms with E-state index < -0.39 is 6.10 Å². The van der Waals surface area contributed by atoms with Crippen LogP contribution in [0, 0.1) is 5.92 Å². The molecule has 0 aromatic heterocycles. The predicted octanol–water partition coefficient (Wildman–Crippen LogP) is 1.93. The summed E-state index contributed by atoms with van der Waals surface area (Å²) in [6.07, 6.45) is 0.229. The Morgan fingerprint density at radius 1 is 1.25 bits per heavy atom. The highest BCUT2D eigenvalue weighted by Crippen LogP contribution is 2.30. The van der Waals surface area contributed by atoms with Gasteiger partial charge in [0, 0.05) is 30.9 Å². The SMILES string of the molecule is CN(C)C[C@@H]1CCN(C(=O)c2ccc3ccccc3c2O)C[C@H]1O. The predicted molar refractivity (Wildman–Crippen MR) is 94.2 cm³/mol. The first kappa shape index (κ1) is 16.7. The number of phenolic OH excluding ortho intramolecular Hbond substituents is 1. The summed E-state index contributed by atoms with van der Waals surface area (Å²) in [7, 11) is 3.97. The van der Waals surface area contributed by atoms with Crippen molar-refractivity contribution in [3.05, 3.63) is 42.0 Å². The number of β-amino-alcohol motifs (C(OH)–C–C–N with tert-alkyl or cyclic N) is 1. The van der Waals surface area contributed by atoms with Crippen molar-refractivity contribution in [1.29, 1.82) is 0 Å². The fourth-order valence-corrected chi connectivity index (χ4v) is 3.44. The number of likely N-dealkylation sites (tertiary alicyclic amines) is 1. The number of nitrogens with zero attached hydrogens (tertiary/aromatic N) is 2. The quantitative estimate of drug-likeness (QED) is 0.904. The summed E-state index contributed by atoms with van der Waals surface area (Å²) in [5.74, 6) is -0.0298. The molecule has 0 aliphatic carbocycles. The van der Waals surface area contributed by atoms with Crippen LogP contribution < -0.4 is 0 Å². The molecule has 1 aliphatic rings. The second kappa shape index (κ2) is 6.79. The number of aliphatic hydroxyl groups is 1. The van der Waals surface area contributed by atoms with Gasteiger partial charge in [-0.1, -0.05) is 30.3 Å². The normalized spacial score (nSPS) is 21.4. The Kier molecular flexibility index (Phi) is 4.73. The number of carbonyl (C=O) groups is 1. The smallest absolute Gasteiger partial charge is 0.257 e. The number of carbonyl (C=O) groups excluding carboxylic acids is 1. The third-order valence-electron chi connectivity index (χ3n) is 4.74. The summed E-state index contributed by atoms with van der Waals surface area (Å²) in [4.78, 5) is 16.5. The lowest BCUT2D eigenvalue weighted by Gasteiger charge is -2.37. The van der Waals surface area contributed by atoms with E-state index >= 15 is 0 Å². The number of aliphatic hydroxyl groups excluding tert-OH is 1. The summed E-state index contributed by atoms with van der Waals surface area (Å²) in [6.45, 7) is 1.72. The molecule has 2 atom stereocenters. The number of fused-ring (bicyclic) bond motifs is 1. The molecule has 5 heteroatoms. The van der Waals surface area contributed by atoms with Crippen LogP contribution in [0.3, 0.4) is 0 Å². The van der Waals surface area contributed by atoms with Crippen LogP contribution in [0.25, 0.3) is 10.8 Å². The zero-order chi connectivity index (χ0) is 17.3. The molecule has 2 N–H and O–H groups in total. The summed E-state index contributed by atoms with van der Waals surface area (Å²) < 4.78 is 0. The first-order valence-electron chi connectivity index (χ1n) is 8.30. The molecule has 0 bridgehead atoms.